The normalized spacial score (nSPS) is 14.6. The van der Waals surface area contributed by atoms with E-state index in [2.05, 4.69) is 4.98 Å². The van der Waals surface area contributed by atoms with Crippen molar-refractivity contribution >= 4 is 5.82 Å². The van der Waals surface area contributed by atoms with Crippen molar-refractivity contribution in [1.82, 2.24) is 9.55 Å². The number of hydrogen-bond donors (Lipinski definition) is 1. The highest BCUT2D eigenvalue weighted by molar-refractivity contribution is 5.71. The average Bonchev–Trinajstić information content (AvgIpc) is 2.71. The van der Waals surface area contributed by atoms with Crippen LogP contribution < -0.4 is 5.73 Å². The Labute approximate surface area is 103 Å². The van der Waals surface area contributed by atoms with E-state index < -0.39 is 11.6 Å². The molecule has 0 saturated heterocycles. The van der Waals surface area contributed by atoms with Crippen LogP contribution in [0, 0.1) is 11.6 Å². The molecule has 0 unspecified atom stereocenters. The molecule has 0 spiro atoms. The second-order valence-corrected chi connectivity index (χ2v) is 4.49. The van der Waals surface area contributed by atoms with Gasteiger partial charge in [0.05, 0.1) is 0 Å². The minimum atomic E-state index is -0.501. The molecule has 1 aliphatic rings. The number of nitrogen functional groups attached to an aromatic ring is 1. The molecule has 1 aromatic heterocycles. The Bertz CT molecular complexity index is 605. The van der Waals surface area contributed by atoms with Crippen molar-refractivity contribution in [1.29, 1.82) is 0 Å². The number of anilines is 1. The molecule has 3 nitrogen and oxygen atoms in total. The van der Waals surface area contributed by atoms with Gasteiger partial charge < -0.3 is 10.3 Å². The summed E-state index contributed by atoms with van der Waals surface area (Å²) < 4.78 is 28.8. The highest BCUT2D eigenvalue weighted by Gasteiger charge is 2.20. The Hall–Kier alpha value is -1.91. The molecule has 3 rings (SSSR count). The molecule has 18 heavy (non-hydrogen) atoms. The first-order valence-corrected chi connectivity index (χ1v) is 5.97. The number of rotatable bonds is 1. The van der Waals surface area contributed by atoms with Gasteiger partial charge in [-0.3, -0.25) is 0 Å². The van der Waals surface area contributed by atoms with Gasteiger partial charge in [0.25, 0.3) is 0 Å². The first kappa shape index (κ1) is 11.2. The van der Waals surface area contributed by atoms with Crippen molar-refractivity contribution in [3.63, 3.8) is 0 Å². The summed E-state index contributed by atoms with van der Waals surface area (Å²) in [6.45, 7) is 0.797. The maximum atomic E-state index is 13.7. The maximum Gasteiger partial charge on any atom is 0.132 e. The summed E-state index contributed by atoms with van der Waals surface area (Å²) in [6, 6.07) is 3.33. The first-order valence-electron chi connectivity index (χ1n) is 5.97. The van der Waals surface area contributed by atoms with Gasteiger partial charge in [-0.1, -0.05) is 0 Å². The van der Waals surface area contributed by atoms with Crippen LogP contribution in [0.4, 0.5) is 14.6 Å². The van der Waals surface area contributed by atoms with Crippen molar-refractivity contribution in [2.24, 2.45) is 0 Å². The molecule has 0 fully saturated rings. The molecule has 0 radical (unpaired) electrons. The molecule has 1 aliphatic heterocycles. The summed E-state index contributed by atoms with van der Waals surface area (Å²) in [5.74, 6) is 0.293. The largest absolute Gasteiger partial charge is 0.383 e. The van der Waals surface area contributed by atoms with E-state index in [0.717, 1.165) is 49.8 Å². The van der Waals surface area contributed by atoms with E-state index in [1.54, 1.807) is 0 Å². The molecule has 0 amide bonds. The number of aryl methyl sites for hydroxylation is 1. The Balaban J connectivity index is 2.17. The van der Waals surface area contributed by atoms with Crippen molar-refractivity contribution in [2.75, 3.05) is 5.73 Å². The number of fused-ring (bicyclic) bond motifs is 1. The average molecular weight is 249 g/mol. The van der Waals surface area contributed by atoms with E-state index in [9.17, 15) is 8.78 Å². The summed E-state index contributed by atoms with van der Waals surface area (Å²) in [4.78, 5) is 4.35. The van der Waals surface area contributed by atoms with E-state index in [0.29, 0.717) is 11.5 Å². The van der Waals surface area contributed by atoms with Crippen molar-refractivity contribution in [3.05, 3.63) is 35.7 Å². The summed E-state index contributed by atoms with van der Waals surface area (Å²) >= 11 is 0. The highest BCUT2D eigenvalue weighted by atomic mass is 19.1. The van der Waals surface area contributed by atoms with Gasteiger partial charge in [0.2, 0.25) is 0 Å². The molecule has 0 aliphatic carbocycles. The van der Waals surface area contributed by atoms with E-state index in [4.69, 9.17) is 5.73 Å². The molecule has 2 N–H and O–H groups in total. The molecule has 1 aromatic carbocycles. The highest BCUT2D eigenvalue weighted by Crippen LogP contribution is 2.31. The Kier molecular flexibility index (Phi) is 2.54. The molecule has 94 valence electrons. The van der Waals surface area contributed by atoms with Crippen LogP contribution in [-0.4, -0.2) is 9.55 Å². The number of imidazole rings is 1. The van der Waals surface area contributed by atoms with E-state index >= 15 is 0 Å². The van der Waals surface area contributed by atoms with Crippen LogP contribution in [0.3, 0.4) is 0 Å². The number of nitrogens with zero attached hydrogens (tertiary/aromatic N) is 2. The van der Waals surface area contributed by atoms with Crippen molar-refractivity contribution in [2.45, 2.75) is 25.8 Å². The standard InChI is InChI=1S/C13H13F2N3/c14-8-4-5-10(15)9(7-8)12-13(16)18-6-2-1-3-11(18)17-12/h4-5,7H,1-3,6,16H2. The number of halogens is 2. The lowest BCUT2D eigenvalue weighted by Gasteiger charge is -2.14. The van der Waals surface area contributed by atoms with Gasteiger partial charge in [-0.25, -0.2) is 13.8 Å². The third kappa shape index (κ3) is 1.66. The van der Waals surface area contributed by atoms with Crippen LogP contribution >= 0.6 is 0 Å². The lowest BCUT2D eigenvalue weighted by molar-refractivity contribution is 0.527. The topological polar surface area (TPSA) is 43.8 Å². The van der Waals surface area contributed by atoms with Gasteiger partial charge >= 0.3 is 0 Å². The van der Waals surface area contributed by atoms with Crippen molar-refractivity contribution in [3.8, 4) is 11.3 Å². The molecule has 2 heterocycles. The van der Waals surface area contributed by atoms with Gasteiger partial charge in [0.15, 0.2) is 0 Å². The number of hydrogen-bond acceptors (Lipinski definition) is 2. The molecule has 5 heteroatoms. The lowest BCUT2D eigenvalue weighted by atomic mass is 10.1. The molecule has 0 atom stereocenters. The fourth-order valence-corrected chi connectivity index (χ4v) is 2.38. The SMILES string of the molecule is Nc1c(-c2cc(F)ccc2F)nc2n1CCCC2. The Morgan fingerprint density at radius 1 is 1.22 bits per heavy atom. The third-order valence-electron chi connectivity index (χ3n) is 3.30. The van der Waals surface area contributed by atoms with Crippen LogP contribution in [-0.2, 0) is 13.0 Å². The first-order chi connectivity index (χ1) is 8.66. The zero-order valence-electron chi connectivity index (χ0n) is 9.79. The zero-order chi connectivity index (χ0) is 12.7. The minimum absolute atomic E-state index is 0.134. The Morgan fingerprint density at radius 2 is 2.06 bits per heavy atom. The van der Waals surface area contributed by atoms with Crippen LogP contribution in [0.25, 0.3) is 11.3 Å². The van der Waals surface area contributed by atoms with E-state index in [1.807, 2.05) is 4.57 Å². The monoisotopic (exact) mass is 249 g/mol. The molecule has 2 aromatic rings. The van der Waals surface area contributed by atoms with Gasteiger partial charge in [-0.15, -0.1) is 0 Å². The molecular formula is C13H13F2N3. The second kappa shape index (κ2) is 4.08. The molecular weight excluding hydrogens is 236 g/mol. The Morgan fingerprint density at radius 3 is 2.83 bits per heavy atom. The molecule has 0 saturated carbocycles. The van der Waals surface area contributed by atoms with Crippen LogP contribution in [0.15, 0.2) is 18.2 Å². The van der Waals surface area contributed by atoms with Gasteiger partial charge in [-0.2, -0.15) is 0 Å². The van der Waals surface area contributed by atoms with E-state index in [-0.39, 0.29) is 5.56 Å². The fourth-order valence-electron chi connectivity index (χ4n) is 2.38. The quantitative estimate of drug-likeness (QED) is 0.844. The zero-order valence-corrected chi connectivity index (χ0v) is 9.79. The van der Waals surface area contributed by atoms with Gasteiger partial charge in [-0.05, 0) is 31.0 Å². The number of benzene rings is 1. The summed E-state index contributed by atoms with van der Waals surface area (Å²) in [5.41, 5.74) is 6.47. The maximum absolute atomic E-state index is 13.7. The van der Waals surface area contributed by atoms with E-state index in [1.165, 1.54) is 0 Å². The smallest absolute Gasteiger partial charge is 0.132 e. The summed E-state index contributed by atoms with van der Waals surface area (Å²) in [6.07, 6.45) is 2.93. The van der Waals surface area contributed by atoms with Gasteiger partial charge in [0.1, 0.15) is 29.0 Å². The number of nitrogens with two attached hydrogens (primary N) is 1. The predicted molar refractivity (Wildman–Crippen MR) is 64.9 cm³/mol. The molecule has 0 bridgehead atoms. The minimum Gasteiger partial charge on any atom is -0.383 e. The fraction of sp³-hybridized carbons (Fsp3) is 0.308. The second-order valence-electron chi connectivity index (χ2n) is 4.49. The predicted octanol–water partition coefficient (Wildman–Crippen LogP) is 2.75. The van der Waals surface area contributed by atoms with Crippen LogP contribution in [0.1, 0.15) is 18.7 Å². The van der Waals surface area contributed by atoms with Crippen molar-refractivity contribution < 1.29 is 8.78 Å². The third-order valence-corrected chi connectivity index (χ3v) is 3.30. The van der Waals surface area contributed by atoms with Crippen LogP contribution in [0.5, 0.6) is 0 Å². The number of aromatic nitrogens is 2. The summed E-state index contributed by atoms with van der Waals surface area (Å²) in [7, 11) is 0. The lowest BCUT2D eigenvalue weighted by Crippen LogP contribution is -2.12. The van der Waals surface area contributed by atoms with Crippen LogP contribution in [0.2, 0.25) is 0 Å². The van der Waals surface area contributed by atoms with Gasteiger partial charge in [0, 0.05) is 18.5 Å². The summed E-state index contributed by atoms with van der Waals surface area (Å²) in [5, 5.41) is 0.